The third-order valence-corrected chi connectivity index (χ3v) is 24.2. The molecule has 13 rings (SSSR count). The first-order valence-electron chi connectivity index (χ1n) is 43.5. The summed E-state index contributed by atoms with van der Waals surface area (Å²) in [7, 11) is 8.12. The molecule has 37 nitrogen and oxygen atoms in total. The van der Waals surface area contributed by atoms with Gasteiger partial charge in [0.05, 0.1) is 53.6 Å². The van der Waals surface area contributed by atoms with E-state index in [0.717, 1.165) is 0 Å². The molecule has 0 saturated carbocycles. The number of rotatable bonds is 26. The van der Waals surface area contributed by atoms with Crippen molar-refractivity contribution in [3.05, 3.63) is 291 Å². The Morgan fingerprint density at radius 3 is 0.972 bits per heavy atom. The zero-order valence-electron chi connectivity index (χ0n) is 81.3. The van der Waals surface area contributed by atoms with E-state index in [1.807, 2.05) is 0 Å². The molecule has 0 unspecified atom stereocenters. The van der Waals surface area contributed by atoms with Crippen molar-refractivity contribution in [2.45, 2.75) is 118 Å². The van der Waals surface area contributed by atoms with Crippen LogP contribution in [0.25, 0.3) is 0 Å². The molecule has 0 spiro atoms. The van der Waals surface area contributed by atoms with E-state index in [4.69, 9.17) is 10.00 Å². The number of Topliss-reactive ketones (excluding diaryl/α,β-unsaturated/α-hetero) is 5. The Kier molecular flexibility index (Phi) is 37.9. The minimum absolute atomic E-state index is 0. The van der Waals surface area contributed by atoms with Crippen molar-refractivity contribution < 1.29 is 98.6 Å². The van der Waals surface area contributed by atoms with Crippen LogP contribution >= 0.6 is 11.3 Å². The van der Waals surface area contributed by atoms with Gasteiger partial charge >= 0.3 is 0 Å². The number of tetrazole rings is 1. The van der Waals surface area contributed by atoms with Gasteiger partial charge in [-0.2, -0.15) is 10.5 Å². The van der Waals surface area contributed by atoms with Gasteiger partial charge in [0.15, 0.2) is 11.0 Å². The Hall–Kier alpha value is -16.9. The monoisotopic (exact) mass is 1990 g/mol. The molecule has 0 aliphatic carbocycles. The van der Waals surface area contributed by atoms with E-state index in [1.54, 1.807) is 225 Å². The first-order valence-corrected chi connectivity index (χ1v) is 44.4. The standard InChI is InChI=1S/C21H24FN3O4.C20H19FN4O3S.C20H22FN3O3.C19H20FN7O3.C19H19FN4O3.CH4/c1-12-5-6-15(11-16(12)22)23-20(27)18-13(2)17(14(3)24(18)4)19(26)21(28)25-7-9-29-10-8-25;1-10-5-6-13(9-14(10)21)23-18(27)16-11(2)15(12(3)25(16)4)17(26)19(28)24-20-22-7-8-29-20;1-6-9-22-20(27)18(25)16-12(3)17(24(5)13(16)4)19(26)23-14-8-7-11(2)15(21)10-14;1-9-5-6-12(7-13(9)20)22-18(29)16-10(2)15(11(3)27(16)4)17(28)19(30)21-8-14-23-25-26-24-14;1-10-5-6-13(9-14(10)20)23-18(26)16-11(2)15(12(3)24(16)4)17(25)19(27)22-8-7-21;/h5-6,11H,7-10H2,1-4H3,(H,23,27);5-9H,1-4H3,(H,23,27)(H,22,24,28);6-8,10H,1,9H2,2-5H3,(H,22,27)(H,23,26);5-7H,8H2,1-4H3,(H,21,30)(H,22,29)(H,23,24,25,26);5-6,9H,8H2,1-4H3,(H,22,27)(H,23,26);1H4. The zero-order chi connectivity index (χ0) is 105. The summed E-state index contributed by atoms with van der Waals surface area (Å²) in [6.45, 7) is 29.1. The molecule has 10 amide bonds. The van der Waals surface area contributed by atoms with E-state index in [0.29, 0.717) is 133 Å². The third kappa shape index (κ3) is 25.8. The first kappa shape index (κ1) is 111. The van der Waals surface area contributed by atoms with E-state index < -0.39 is 117 Å². The number of halogens is 5. The largest absolute Gasteiger partial charge is 0.378 e. The highest BCUT2D eigenvalue weighted by Gasteiger charge is 2.36. The van der Waals surface area contributed by atoms with Gasteiger partial charge in [-0.3, -0.25) is 77.2 Å². The molecule has 1 saturated heterocycles. The molecule has 0 bridgehead atoms. The lowest BCUT2D eigenvalue weighted by atomic mass is 10.0. The molecule has 8 heterocycles. The Labute approximate surface area is 822 Å². The van der Waals surface area contributed by atoms with Crippen molar-refractivity contribution in [2.24, 2.45) is 35.2 Å². The molecule has 0 atom stereocenters. The number of hydrogen-bond acceptors (Lipinski definition) is 22. The van der Waals surface area contributed by atoms with Gasteiger partial charge in [-0.1, -0.05) is 49.0 Å². The second kappa shape index (κ2) is 48.6. The zero-order valence-corrected chi connectivity index (χ0v) is 82.1. The number of ether oxygens (including phenoxy) is 1. The van der Waals surface area contributed by atoms with E-state index in [9.17, 15) is 93.9 Å². The molecule has 12 aromatic rings. The number of ketones is 5. The second-order valence-electron chi connectivity index (χ2n) is 32.7. The van der Waals surface area contributed by atoms with Crippen LogP contribution in [0.1, 0.15) is 202 Å². The number of morpholine rings is 1. The number of amides is 10. The van der Waals surface area contributed by atoms with Gasteiger partial charge in [-0.15, -0.1) is 28.1 Å². The second-order valence-corrected chi connectivity index (χ2v) is 33.6. The average Bonchev–Trinajstić information content (AvgIpc) is 1.64. The number of nitrogens with one attached hydrogen (secondary N) is 10. The Bertz CT molecular complexity index is 7110. The normalized spacial score (nSPS) is 11.1. The predicted molar refractivity (Wildman–Crippen MR) is 524 cm³/mol. The van der Waals surface area contributed by atoms with Gasteiger partial charge in [0.2, 0.25) is 0 Å². The van der Waals surface area contributed by atoms with Crippen LogP contribution in [0, 0.1) is 144 Å². The number of carbonyl (C=O) groups excluding carboxylic acids is 15. The number of thiazole rings is 1. The number of nitriles is 1. The molecule has 43 heteroatoms. The highest BCUT2D eigenvalue weighted by molar-refractivity contribution is 7.13. The van der Waals surface area contributed by atoms with Crippen LogP contribution in [0.4, 0.5) is 55.5 Å². The average molecular weight is 1990 g/mol. The van der Waals surface area contributed by atoms with Crippen LogP contribution < -0.4 is 47.9 Å². The lowest BCUT2D eigenvalue weighted by Crippen LogP contribution is -2.44. The highest BCUT2D eigenvalue weighted by atomic mass is 32.1. The summed E-state index contributed by atoms with van der Waals surface area (Å²) >= 11 is 1.19. The molecule has 0 radical (unpaired) electrons. The van der Waals surface area contributed by atoms with Crippen molar-refractivity contribution in [1.82, 2.24) is 69.3 Å². The fraction of sp³-hybridized carbons (Fsp3) is 0.280. The van der Waals surface area contributed by atoms with Crippen LogP contribution in [-0.2, 0) is 70.5 Å². The quantitative estimate of drug-likeness (QED) is 0.00791. The van der Waals surface area contributed by atoms with Crippen molar-refractivity contribution >= 4 is 133 Å². The van der Waals surface area contributed by atoms with Crippen molar-refractivity contribution in [2.75, 3.05) is 71.3 Å². The fourth-order valence-corrected chi connectivity index (χ4v) is 15.9. The number of carbonyl (C=O) groups is 15. The summed E-state index contributed by atoms with van der Waals surface area (Å²) in [5.41, 5.74) is 9.90. The molecule has 10 N–H and O–H groups in total. The molecular weight excluding hydrogens is 1880 g/mol. The van der Waals surface area contributed by atoms with Crippen molar-refractivity contribution in [3.63, 3.8) is 0 Å². The number of aromatic amines is 1. The smallest absolute Gasteiger partial charge is 0.298 e. The SMILES string of the molecule is C.C=CCNC(=O)C(=O)c1c(C)c(C(=O)Nc2ccc(C)c(F)c2)n(C)c1C.Cc1ccc(NC(=O)c2c(C)c(C(=O)C(=O)N3CCOCC3)c(C)n2C)cc1F.Cc1ccc(NC(=O)c2c(C)c(C(=O)C(=O)NCC#N)c(C)n2C)cc1F.Cc1ccc(NC(=O)c2c(C)c(C(=O)C(=O)NCc3nn[nH]n3)c(C)n2C)cc1F.Cc1ccc(NC(=O)c2c(C)c(C(=O)C(=O)Nc3nccs3)c(C)n2C)cc1F. The predicted octanol–water partition coefficient (Wildman–Crippen LogP) is 13.0. The van der Waals surface area contributed by atoms with Gasteiger partial charge in [0, 0.05) is 123 Å². The highest BCUT2D eigenvalue weighted by Crippen LogP contribution is 2.32. The van der Waals surface area contributed by atoms with Crippen LogP contribution in [0.5, 0.6) is 0 Å². The summed E-state index contributed by atoms with van der Waals surface area (Å²) in [5.74, 6) is -12.2. The summed E-state index contributed by atoms with van der Waals surface area (Å²) in [5, 5.41) is 46.1. The van der Waals surface area contributed by atoms with E-state index >= 15 is 0 Å². The number of H-pyrrole nitrogens is 1. The number of anilines is 6. The molecule has 1 aliphatic rings. The van der Waals surface area contributed by atoms with E-state index in [2.05, 4.69) is 80.0 Å². The van der Waals surface area contributed by atoms with Crippen molar-refractivity contribution in [3.8, 4) is 6.07 Å². The Morgan fingerprint density at radius 1 is 0.420 bits per heavy atom. The number of aryl methyl sites for hydroxylation is 5. The van der Waals surface area contributed by atoms with Gasteiger partial charge in [-0.05, 0) is 220 Å². The lowest BCUT2D eigenvalue weighted by molar-refractivity contribution is -0.130. The lowest BCUT2D eigenvalue weighted by Gasteiger charge is -2.26. The first-order chi connectivity index (χ1) is 67.0. The van der Waals surface area contributed by atoms with Crippen LogP contribution in [0.15, 0.2) is 115 Å². The molecule has 1 fully saturated rings. The summed E-state index contributed by atoms with van der Waals surface area (Å²) in [6.07, 6.45) is 2.98. The summed E-state index contributed by atoms with van der Waals surface area (Å²) in [6, 6.07) is 23.6. The summed E-state index contributed by atoms with van der Waals surface area (Å²) in [4.78, 5) is 194. The van der Waals surface area contributed by atoms with Crippen LogP contribution in [0.3, 0.4) is 0 Å². The minimum Gasteiger partial charge on any atom is -0.378 e. The van der Waals surface area contributed by atoms with Gasteiger partial charge in [0.25, 0.3) is 88.0 Å². The van der Waals surface area contributed by atoms with E-state index in [1.165, 1.54) is 68.0 Å². The van der Waals surface area contributed by atoms with Crippen LogP contribution in [-0.4, -0.2) is 181 Å². The number of nitrogens with zero attached hydrogens (tertiary/aromatic N) is 11. The molecule has 5 aromatic carbocycles. The van der Waals surface area contributed by atoms with E-state index in [-0.39, 0.29) is 101 Å². The number of aromatic nitrogens is 10. The molecular formula is C100H108F5N21O16S. The number of benzene rings is 5. The maximum Gasteiger partial charge on any atom is 0.298 e. The summed E-state index contributed by atoms with van der Waals surface area (Å²) < 4.78 is 81.6. The van der Waals surface area contributed by atoms with Gasteiger partial charge in [-0.25, -0.2) is 26.9 Å². The fourth-order valence-electron chi connectivity index (χ4n) is 15.3. The molecule has 143 heavy (non-hydrogen) atoms. The van der Waals surface area contributed by atoms with Gasteiger partial charge in [0.1, 0.15) is 64.1 Å². The molecule has 1 aliphatic heterocycles. The third-order valence-electron chi connectivity index (χ3n) is 23.5. The van der Waals surface area contributed by atoms with Gasteiger partial charge < -0.3 is 75.0 Å². The minimum atomic E-state index is -0.916. The van der Waals surface area contributed by atoms with Crippen LogP contribution in [0.2, 0.25) is 0 Å². The topological polar surface area (TPSA) is 493 Å². The Balaban J connectivity index is 0.000000218. The maximum absolute atomic E-state index is 13.8. The molecule has 7 aromatic heterocycles. The molecule has 750 valence electrons. The van der Waals surface area contributed by atoms with Crippen molar-refractivity contribution in [1.29, 1.82) is 5.26 Å². The maximum atomic E-state index is 13.8. The number of hydrogen-bond donors (Lipinski definition) is 10. The Morgan fingerprint density at radius 2 is 0.706 bits per heavy atom.